The first-order valence-corrected chi connectivity index (χ1v) is 7.75. The summed E-state index contributed by atoms with van der Waals surface area (Å²) in [4.78, 5) is 12.8. The van der Waals surface area contributed by atoms with E-state index in [2.05, 4.69) is 0 Å². The van der Waals surface area contributed by atoms with Crippen LogP contribution in [0.25, 0.3) is 0 Å². The molecule has 3 rings (SSSR count). The van der Waals surface area contributed by atoms with Crippen molar-refractivity contribution in [2.45, 2.75) is 25.3 Å². The molecule has 1 aliphatic heterocycles. The molecule has 1 heterocycles. The molecule has 1 fully saturated rings. The SMILES string of the molecule is O=C(O)C[C@@H]1CCCN1c1ccc(Oc2ccccc2F)c(F)c1. The van der Waals surface area contributed by atoms with Crippen molar-refractivity contribution in [1.82, 2.24) is 0 Å². The van der Waals surface area contributed by atoms with Crippen LogP contribution >= 0.6 is 0 Å². The van der Waals surface area contributed by atoms with E-state index in [9.17, 15) is 13.6 Å². The van der Waals surface area contributed by atoms with Gasteiger partial charge in [-0.2, -0.15) is 0 Å². The van der Waals surface area contributed by atoms with Gasteiger partial charge in [-0.3, -0.25) is 4.79 Å². The number of rotatable bonds is 5. The standard InChI is InChI=1S/C18H17F2NO3/c19-14-5-1-2-6-16(14)24-17-8-7-13(10-15(17)20)21-9-3-4-12(21)11-18(22)23/h1-2,5-8,10,12H,3-4,9,11H2,(H,22,23)/t12-/m0/s1. The van der Waals surface area contributed by atoms with E-state index < -0.39 is 17.6 Å². The van der Waals surface area contributed by atoms with Crippen molar-refractivity contribution < 1.29 is 23.4 Å². The highest BCUT2D eigenvalue weighted by molar-refractivity contribution is 5.69. The van der Waals surface area contributed by atoms with Crippen LogP contribution in [0.3, 0.4) is 0 Å². The lowest BCUT2D eigenvalue weighted by molar-refractivity contribution is -0.137. The van der Waals surface area contributed by atoms with Crippen LogP contribution in [0.5, 0.6) is 11.5 Å². The third-order valence-corrected chi connectivity index (χ3v) is 4.09. The first-order chi connectivity index (χ1) is 11.5. The predicted molar refractivity (Wildman–Crippen MR) is 85.5 cm³/mol. The minimum absolute atomic E-state index is 0.0229. The number of hydrogen-bond acceptors (Lipinski definition) is 3. The maximum absolute atomic E-state index is 14.3. The Bertz CT molecular complexity index is 751. The molecule has 6 heteroatoms. The van der Waals surface area contributed by atoms with Gasteiger partial charge in [0.25, 0.3) is 0 Å². The molecule has 0 amide bonds. The molecule has 4 nitrogen and oxygen atoms in total. The van der Waals surface area contributed by atoms with Gasteiger partial charge in [0.1, 0.15) is 0 Å². The van der Waals surface area contributed by atoms with Crippen LogP contribution in [0.2, 0.25) is 0 Å². The largest absolute Gasteiger partial charge is 0.481 e. The molecule has 0 saturated carbocycles. The van der Waals surface area contributed by atoms with Gasteiger partial charge >= 0.3 is 5.97 Å². The minimum Gasteiger partial charge on any atom is -0.481 e. The van der Waals surface area contributed by atoms with E-state index in [-0.39, 0.29) is 24.0 Å². The molecule has 2 aromatic rings. The topological polar surface area (TPSA) is 49.8 Å². The number of halogens is 2. The van der Waals surface area contributed by atoms with Gasteiger partial charge in [-0.25, -0.2) is 8.78 Å². The zero-order chi connectivity index (χ0) is 17.1. The predicted octanol–water partition coefficient (Wildman–Crippen LogP) is 4.20. The third-order valence-electron chi connectivity index (χ3n) is 4.09. The number of carboxylic acids is 1. The van der Waals surface area contributed by atoms with E-state index in [1.807, 2.05) is 4.90 Å². The fourth-order valence-corrected chi connectivity index (χ4v) is 2.99. The number of carboxylic acid groups (broad SMARTS) is 1. The smallest absolute Gasteiger partial charge is 0.305 e. The average molecular weight is 333 g/mol. The molecule has 0 aliphatic carbocycles. The number of carbonyl (C=O) groups is 1. The summed E-state index contributed by atoms with van der Waals surface area (Å²) in [5, 5.41) is 8.97. The van der Waals surface area contributed by atoms with Crippen LogP contribution in [0, 0.1) is 11.6 Å². The quantitative estimate of drug-likeness (QED) is 0.891. The van der Waals surface area contributed by atoms with Crippen molar-refractivity contribution in [2.24, 2.45) is 0 Å². The number of hydrogen-bond donors (Lipinski definition) is 1. The first kappa shape index (κ1) is 16.2. The van der Waals surface area contributed by atoms with E-state index in [1.54, 1.807) is 12.1 Å². The summed E-state index contributed by atoms with van der Waals surface area (Å²) in [6, 6.07) is 10.1. The van der Waals surface area contributed by atoms with E-state index in [0.717, 1.165) is 12.8 Å². The molecule has 0 unspecified atom stereocenters. The Labute approximate surface area is 138 Å². The lowest BCUT2D eigenvalue weighted by Crippen LogP contribution is -2.31. The molecule has 1 N–H and O–H groups in total. The second-order valence-corrected chi connectivity index (χ2v) is 5.73. The average Bonchev–Trinajstić information content (AvgIpc) is 2.98. The fraction of sp³-hybridized carbons (Fsp3) is 0.278. The zero-order valence-electron chi connectivity index (χ0n) is 12.9. The van der Waals surface area contributed by atoms with Crippen LogP contribution in [0.15, 0.2) is 42.5 Å². The summed E-state index contributed by atoms with van der Waals surface area (Å²) >= 11 is 0. The normalized spacial score (nSPS) is 17.1. The summed E-state index contributed by atoms with van der Waals surface area (Å²) in [5.74, 6) is -2.17. The van der Waals surface area contributed by atoms with Gasteiger partial charge in [0.2, 0.25) is 0 Å². The Morgan fingerprint density at radius 1 is 1.17 bits per heavy atom. The van der Waals surface area contributed by atoms with Gasteiger partial charge in [0.15, 0.2) is 23.1 Å². The van der Waals surface area contributed by atoms with Crippen molar-refractivity contribution in [3.05, 3.63) is 54.1 Å². The number of para-hydroxylation sites is 1. The zero-order valence-corrected chi connectivity index (χ0v) is 12.9. The molecular formula is C18H17F2NO3. The lowest BCUT2D eigenvalue weighted by atomic mass is 10.1. The van der Waals surface area contributed by atoms with Crippen LogP contribution in [0.1, 0.15) is 19.3 Å². The lowest BCUT2D eigenvalue weighted by Gasteiger charge is -2.26. The molecule has 1 atom stereocenters. The van der Waals surface area contributed by atoms with Crippen LogP contribution < -0.4 is 9.64 Å². The Morgan fingerprint density at radius 2 is 1.92 bits per heavy atom. The van der Waals surface area contributed by atoms with Gasteiger partial charge in [-0.15, -0.1) is 0 Å². The van der Waals surface area contributed by atoms with Crippen molar-refractivity contribution in [1.29, 1.82) is 0 Å². The number of aliphatic carboxylic acids is 1. The summed E-state index contributed by atoms with van der Waals surface area (Å²) in [6.45, 7) is 0.685. The maximum atomic E-state index is 14.3. The van der Waals surface area contributed by atoms with Crippen LogP contribution in [0.4, 0.5) is 14.5 Å². The van der Waals surface area contributed by atoms with Gasteiger partial charge < -0.3 is 14.7 Å². The Morgan fingerprint density at radius 3 is 2.62 bits per heavy atom. The molecule has 24 heavy (non-hydrogen) atoms. The summed E-state index contributed by atoms with van der Waals surface area (Å²) in [6.07, 6.45) is 1.66. The number of nitrogens with zero attached hydrogens (tertiary/aromatic N) is 1. The fourth-order valence-electron chi connectivity index (χ4n) is 2.99. The minimum atomic E-state index is -0.869. The molecule has 0 spiro atoms. The van der Waals surface area contributed by atoms with Crippen molar-refractivity contribution >= 4 is 11.7 Å². The van der Waals surface area contributed by atoms with E-state index in [1.165, 1.54) is 30.3 Å². The summed E-state index contributed by atoms with van der Waals surface area (Å²) in [7, 11) is 0. The van der Waals surface area contributed by atoms with Crippen molar-refractivity contribution in [3.8, 4) is 11.5 Å². The third kappa shape index (κ3) is 3.48. The maximum Gasteiger partial charge on any atom is 0.305 e. The number of anilines is 1. The van der Waals surface area contributed by atoms with E-state index in [4.69, 9.17) is 9.84 Å². The molecule has 0 bridgehead atoms. The van der Waals surface area contributed by atoms with Gasteiger partial charge in [-0.1, -0.05) is 12.1 Å². The molecule has 0 radical (unpaired) electrons. The van der Waals surface area contributed by atoms with E-state index >= 15 is 0 Å². The molecule has 2 aromatic carbocycles. The van der Waals surface area contributed by atoms with Crippen LogP contribution in [-0.2, 0) is 4.79 Å². The van der Waals surface area contributed by atoms with Crippen LogP contribution in [-0.4, -0.2) is 23.7 Å². The highest BCUT2D eigenvalue weighted by Crippen LogP contribution is 2.32. The Balaban J connectivity index is 1.80. The first-order valence-electron chi connectivity index (χ1n) is 7.75. The van der Waals surface area contributed by atoms with Crippen molar-refractivity contribution in [2.75, 3.05) is 11.4 Å². The van der Waals surface area contributed by atoms with Gasteiger partial charge in [0.05, 0.1) is 6.42 Å². The summed E-state index contributed by atoms with van der Waals surface area (Å²) in [5.41, 5.74) is 0.608. The highest BCUT2D eigenvalue weighted by atomic mass is 19.1. The number of ether oxygens (including phenoxy) is 1. The Hall–Kier alpha value is -2.63. The summed E-state index contributed by atoms with van der Waals surface area (Å²) < 4.78 is 33.2. The second kappa shape index (κ2) is 6.86. The molecule has 1 aliphatic rings. The second-order valence-electron chi connectivity index (χ2n) is 5.73. The van der Waals surface area contributed by atoms with Gasteiger partial charge in [-0.05, 0) is 37.1 Å². The highest BCUT2D eigenvalue weighted by Gasteiger charge is 2.27. The Kier molecular flexibility index (Phi) is 4.64. The molecule has 0 aromatic heterocycles. The van der Waals surface area contributed by atoms with E-state index in [0.29, 0.717) is 12.2 Å². The van der Waals surface area contributed by atoms with Gasteiger partial charge in [0, 0.05) is 24.3 Å². The monoisotopic (exact) mass is 333 g/mol. The molecule has 1 saturated heterocycles. The number of benzene rings is 2. The van der Waals surface area contributed by atoms with Crippen molar-refractivity contribution in [3.63, 3.8) is 0 Å². The molecular weight excluding hydrogens is 316 g/mol. The molecule has 126 valence electrons.